The van der Waals surface area contributed by atoms with Crippen LogP contribution >= 0.6 is 15.9 Å². The van der Waals surface area contributed by atoms with Crippen LogP contribution in [0.15, 0.2) is 40.9 Å². The Morgan fingerprint density at radius 3 is 2.52 bits per heavy atom. The molecule has 148 valence electrons. The van der Waals surface area contributed by atoms with Crippen molar-refractivity contribution >= 4 is 15.9 Å². The molecule has 0 bridgehead atoms. The molecule has 0 unspecified atom stereocenters. The van der Waals surface area contributed by atoms with E-state index in [9.17, 15) is 4.39 Å². The molecule has 0 aliphatic rings. The molecule has 0 atom stereocenters. The molecule has 0 aliphatic carbocycles. The van der Waals surface area contributed by atoms with Gasteiger partial charge in [0.05, 0.1) is 7.11 Å². The van der Waals surface area contributed by atoms with Crippen LogP contribution in [0.2, 0.25) is 0 Å². The SMILES string of the molecule is CCN(CC)CCNCc1c(Br)ccc(OC)c1OCc1ccccc1F. The average molecular weight is 439 g/mol. The second-order valence-electron chi connectivity index (χ2n) is 6.14. The standard InChI is InChI=1S/C21H28BrFN2O2/c1-4-25(5-2)13-12-24-14-17-18(22)10-11-20(26-3)21(17)27-15-16-8-6-7-9-19(16)23/h6-11,24H,4-5,12-15H2,1-3H3. The number of hydrogen-bond donors (Lipinski definition) is 1. The van der Waals surface area contributed by atoms with E-state index in [4.69, 9.17) is 9.47 Å². The molecule has 0 saturated carbocycles. The number of nitrogens with one attached hydrogen (secondary N) is 1. The topological polar surface area (TPSA) is 33.7 Å². The van der Waals surface area contributed by atoms with Crippen molar-refractivity contribution in [2.45, 2.75) is 27.0 Å². The van der Waals surface area contributed by atoms with Crippen molar-refractivity contribution in [3.8, 4) is 11.5 Å². The van der Waals surface area contributed by atoms with Crippen molar-refractivity contribution in [2.24, 2.45) is 0 Å². The summed E-state index contributed by atoms with van der Waals surface area (Å²) >= 11 is 3.60. The van der Waals surface area contributed by atoms with Crippen LogP contribution < -0.4 is 14.8 Å². The molecule has 0 heterocycles. The van der Waals surface area contributed by atoms with E-state index in [0.29, 0.717) is 23.6 Å². The number of likely N-dealkylation sites (N-methyl/N-ethyl adjacent to an activating group) is 1. The second kappa shape index (κ2) is 11.3. The Morgan fingerprint density at radius 1 is 1.11 bits per heavy atom. The highest BCUT2D eigenvalue weighted by molar-refractivity contribution is 9.10. The van der Waals surface area contributed by atoms with E-state index >= 15 is 0 Å². The summed E-state index contributed by atoms with van der Waals surface area (Å²) in [5, 5.41) is 3.46. The molecule has 0 spiro atoms. The van der Waals surface area contributed by atoms with Gasteiger partial charge in [-0.2, -0.15) is 0 Å². The molecule has 0 saturated heterocycles. The Hall–Kier alpha value is -1.63. The maximum atomic E-state index is 13.9. The van der Waals surface area contributed by atoms with Gasteiger partial charge in [-0.05, 0) is 31.3 Å². The Kier molecular flexibility index (Phi) is 9.04. The van der Waals surface area contributed by atoms with E-state index in [1.54, 1.807) is 25.3 Å². The van der Waals surface area contributed by atoms with Gasteiger partial charge in [0.1, 0.15) is 12.4 Å². The van der Waals surface area contributed by atoms with Crippen LogP contribution in [0.4, 0.5) is 4.39 Å². The van der Waals surface area contributed by atoms with Crippen molar-refractivity contribution in [1.29, 1.82) is 0 Å². The summed E-state index contributed by atoms with van der Waals surface area (Å²) in [5.41, 5.74) is 1.48. The number of hydrogen-bond acceptors (Lipinski definition) is 4. The van der Waals surface area contributed by atoms with Crippen molar-refractivity contribution < 1.29 is 13.9 Å². The van der Waals surface area contributed by atoms with Gasteiger partial charge in [0, 0.05) is 35.2 Å². The van der Waals surface area contributed by atoms with Gasteiger partial charge in [0.25, 0.3) is 0 Å². The molecule has 0 radical (unpaired) electrons. The van der Waals surface area contributed by atoms with Gasteiger partial charge in [0.15, 0.2) is 11.5 Å². The Morgan fingerprint density at radius 2 is 1.85 bits per heavy atom. The fourth-order valence-electron chi connectivity index (χ4n) is 2.82. The predicted molar refractivity (Wildman–Crippen MR) is 111 cm³/mol. The van der Waals surface area contributed by atoms with Crippen LogP contribution in [-0.4, -0.2) is 38.2 Å². The molecule has 27 heavy (non-hydrogen) atoms. The van der Waals surface area contributed by atoms with Crippen molar-refractivity contribution in [2.75, 3.05) is 33.3 Å². The van der Waals surface area contributed by atoms with Crippen LogP contribution in [-0.2, 0) is 13.2 Å². The van der Waals surface area contributed by atoms with Gasteiger partial charge in [-0.25, -0.2) is 4.39 Å². The minimum atomic E-state index is -0.273. The lowest BCUT2D eigenvalue weighted by Gasteiger charge is -2.20. The average Bonchev–Trinajstić information content (AvgIpc) is 2.69. The van der Waals surface area contributed by atoms with Crippen LogP contribution in [0.25, 0.3) is 0 Å². The molecule has 0 amide bonds. The molecule has 1 N–H and O–H groups in total. The fraction of sp³-hybridized carbons (Fsp3) is 0.429. The highest BCUT2D eigenvalue weighted by atomic mass is 79.9. The number of rotatable bonds is 11. The molecule has 0 aromatic heterocycles. The quantitative estimate of drug-likeness (QED) is 0.519. The second-order valence-corrected chi connectivity index (χ2v) is 7.00. The first-order chi connectivity index (χ1) is 13.1. The maximum Gasteiger partial charge on any atom is 0.167 e. The van der Waals surface area contributed by atoms with Gasteiger partial charge in [-0.1, -0.05) is 48.0 Å². The third kappa shape index (κ3) is 6.19. The fourth-order valence-corrected chi connectivity index (χ4v) is 3.27. The lowest BCUT2D eigenvalue weighted by atomic mass is 10.1. The summed E-state index contributed by atoms with van der Waals surface area (Å²) in [5.74, 6) is 0.992. The molecule has 0 aliphatic heterocycles. The number of methoxy groups -OCH3 is 1. The number of benzene rings is 2. The van der Waals surface area contributed by atoms with Crippen LogP contribution in [0.5, 0.6) is 11.5 Å². The molecule has 0 fully saturated rings. The molecule has 2 rings (SSSR count). The van der Waals surface area contributed by atoms with Crippen LogP contribution in [0.1, 0.15) is 25.0 Å². The molecule has 2 aromatic rings. The lowest BCUT2D eigenvalue weighted by molar-refractivity contribution is 0.274. The summed E-state index contributed by atoms with van der Waals surface area (Å²) in [6.07, 6.45) is 0. The third-order valence-electron chi connectivity index (χ3n) is 4.52. The number of nitrogens with zero attached hydrogens (tertiary/aromatic N) is 1. The molecule has 6 heteroatoms. The van der Waals surface area contributed by atoms with Gasteiger partial charge in [0.2, 0.25) is 0 Å². The van der Waals surface area contributed by atoms with Crippen molar-refractivity contribution in [3.05, 3.63) is 57.8 Å². The Labute approximate surface area is 169 Å². The summed E-state index contributed by atoms with van der Waals surface area (Å²) < 4.78 is 26.3. The first-order valence-corrected chi connectivity index (χ1v) is 10.0. The summed E-state index contributed by atoms with van der Waals surface area (Å²) in [6.45, 7) is 9.04. The maximum absolute atomic E-state index is 13.9. The largest absolute Gasteiger partial charge is 0.493 e. The first kappa shape index (κ1) is 21.7. The van der Waals surface area contributed by atoms with E-state index < -0.39 is 0 Å². The van der Waals surface area contributed by atoms with E-state index in [0.717, 1.165) is 36.2 Å². The third-order valence-corrected chi connectivity index (χ3v) is 5.26. The highest BCUT2D eigenvalue weighted by Crippen LogP contribution is 2.36. The van der Waals surface area contributed by atoms with Crippen molar-refractivity contribution in [3.63, 3.8) is 0 Å². The van der Waals surface area contributed by atoms with Crippen LogP contribution in [0, 0.1) is 5.82 Å². The number of ether oxygens (including phenoxy) is 2. The zero-order valence-electron chi connectivity index (χ0n) is 16.2. The van der Waals surface area contributed by atoms with E-state index in [-0.39, 0.29) is 12.4 Å². The summed E-state index contributed by atoms with van der Waals surface area (Å²) in [7, 11) is 1.61. The Bertz CT molecular complexity index is 723. The number of halogens is 2. The van der Waals surface area contributed by atoms with E-state index in [1.807, 2.05) is 12.1 Å². The predicted octanol–water partition coefficient (Wildman–Crippen LogP) is 4.61. The van der Waals surface area contributed by atoms with Crippen LogP contribution in [0.3, 0.4) is 0 Å². The Balaban J connectivity index is 2.10. The van der Waals surface area contributed by atoms with Gasteiger partial charge >= 0.3 is 0 Å². The normalized spacial score (nSPS) is 11.0. The van der Waals surface area contributed by atoms with Crippen molar-refractivity contribution in [1.82, 2.24) is 10.2 Å². The van der Waals surface area contributed by atoms with E-state index in [2.05, 4.69) is 40.0 Å². The van der Waals surface area contributed by atoms with E-state index in [1.165, 1.54) is 6.07 Å². The molecule has 2 aromatic carbocycles. The minimum Gasteiger partial charge on any atom is -0.493 e. The zero-order chi connectivity index (χ0) is 19.6. The lowest BCUT2D eigenvalue weighted by Crippen LogP contribution is -2.31. The monoisotopic (exact) mass is 438 g/mol. The first-order valence-electron chi connectivity index (χ1n) is 9.25. The molecular weight excluding hydrogens is 411 g/mol. The highest BCUT2D eigenvalue weighted by Gasteiger charge is 2.15. The zero-order valence-corrected chi connectivity index (χ0v) is 17.8. The summed E-state index contributed by atoms with van der Waals surface area (Å²) in [6, 6.07) is 10.4. The summed E-state index contributed by atoms with van der Waals surface area (Å²) in [4.78, 5) is 2.36. The van der Waals surface area contributed by atoms with Gasteiger partial charge in [-0.15, -0.1) is 0 Å². The smallest absolute Gasteiger partial charge is 0.167 e. The van der Waals surface area contributed by atoms with Gasteiger partial charge in [-0.3, -0.25) is 0 Å². The molecule has 4 nitrogen and oxygen atoms in total. The van der Waals surface area contributed by atoms with Gasteiger partial charge < -0.3 is 19.7 Å². The minimum absolute atomic E-state index is 0.145. The molecular formula is C21H28BrFN2O2.